The first-order valence-corrected chi connectivity index (χ1v) is 11.1. The third kappa shape index (κ3) is 5.20. The maximum Gasteiger partial charge on any atom is 0.251 e. The van der Waals surface area contributed by atoms with E-state index >= 15 is 0 Å². The molecule has 6 nitrogen and oxygen atoms in total. The van der Waals surface area contributed by atoms with E-state index in [-0.39, 0.29) is 5.56 Å². The summed E-state index contributed by atoms with van der Waals surface area (Å²) in [6, 6.07) is 14.6. The summed E-state index contributed by atoms with van der Waals surface area (Å²) in [7, 11) is 0. The second-order valence-corrected chi connectivity index (χ2v) is 8.50. The average Bonchev–Trinajstić information content (AvgIpc) is 2.79. The van der Waals surface area contributed by atoms with E-state index in [1.54, 1.807) is 12.3 Å². The highest BCUT2D eigenvalue weighted by molar-refractivity contribution is 5.56. The zero-order chi connectivity index (χ0) is 21.8. The Bertz CT molecular complexity index is 1050. The molecule has 0 bridgehead atoms. The van der Waals surface area contributed by atoms with Crippen molar-refractivity contribution in [3.05, 3.63) is 75.8 Å². The average molecular weight is 418 g/mol. The van der Waals surface area contributed by atoms with E-state index in [2.05, 4.69) is 62.9 Å². The summed E-state index contributed by atoms with van der Waals surface area (Å²) < 4.78 is 0. The molecule has 6 heteroatoms. The normalized spacial score (nSPS) is 14.9. The van der Waals surface area contributed by atoms with Gasteiger partial charge in [0.15, 0.2) is 0 Å². The van der Waals surface area contributed by atoms with Gasteiger partial charge in [-0.05, 0) is 35.6 Å². The van der Waals surface area contributed by atoms with Gasteiger partial charge >= 0.3 is 0 Å². The Hall–Kier alpha value is -2.99. The number of aryl methyl sites for hydroxylation is 1. The summed E-state index contributed by atoms with van der Waals surface area (Å²) in [4.78, 5) is 28.6. The number of hydrogen-bond acceptors (Lipinski definition) is 5. The number of pyridine rings is 1. The van der Waals surface area contributed by atoms with Crippen molar-refractivity contribution in [3.8, 4) is 11.4 Å². The van der Waals surface area contributed by atoms with Crippen LogP contribution in [0.25, 0.3) is 11.4 Å². The van der Waals surface area contributed by atoms with Gasteiger partial charge in [-0.1, -0.05) is 45.0 Å². The first-order chi connectivity index (χ1) is 15.0. The van der Waals surface area contributed by atoms with Crippen molar-refractivity contribution in [2.75, 3.05) is 31.1 Å². The molecule has 0 radical (unpaired) electrons. The molecule has 0 saturated carbocycles. The van der Waals surface area contributed by atoms with Gasteiger partial charge in [-0.25, -0.2) is 9.97 Å². The predicted molar refractivity (Wildman–Crippen MR) is 125 cm³/mol. The highest BCUT2D eigenvalue weighted by atomic mass is 16.1. The van der Waals surface area contributed by atoms with Gasteiger partial charge in [0.1, 0.15) is 11.6 Å². The molecule has 1 aromatic carbocycles. The largest absolute Gasteiger partial charge is 0.354 e. The Balaban J connectivity index is 1.35. The molecule has 0 unspecified atom stereocenters. The first-order valence-electron chi connectivity index (χ1n) is 11.1. The van der Waals surface area contributed by atoms with Gasteiger partial charge in [0.05, 0.1) is 0 Å². The summed E-state index contributed by atoms with van der Waals surface area (Å²) in [5.74, 6) is 2.12. The Kier molecular flexibility index (Phi) is 6.47. The summed E-state index contributed by atoms with van der Waals surface area (Å²) in [5.41, 5.74) is 4.26. The van der Waals surface area contributed by atoms with E-state index in [4.69, 9.17) is 0 Å². The summed E-state index contributed by atoms with van der Waals surface area (Å²) in [6.45, 7) is 11.4. The number of anilines is 1. The molecule has 1 aliphatic heterocycles. The van der Waals surface area contributed by atoms with E-state index < -0.39 is 0 Å². The number of piperazine rings is 1. The molecule has 1 N–H and O–H groups in total. The zero-order valence-corrected chi connectivity index (χ0v) is 18.6. The Labute approximate surface area is 184 Å². The van der Waals surface area contributed by atoms with E-state index in [1.807, 2.05) is 19.1 Å². The molecule has 0 aliphatic carbocycles. The van der Waals surface area contributed by atoms with Crippen molar-refractivity contribution in [1.29, 1.82) is 0 Å². The first kappa shape index (κ1) is 21.2. The number of H-pyrrole nitrogens is 1. The van der Waals surface area contributed by atoms with Gasteiger partial charge in [-0.15, -0.1) is 0 Å². The molecule has 1 aliphatic rings. The molecule has 0 atom stereocenters. The number of rotatable bonds is 6. The number of nitrogens with zero attached hydrogens (tertiary/aromatic N) is 4. The number of hydrogen-bond donors (Lipinski definition) is 1. The van der Waals surface area contributed by atoms with Gasteiger partial charge in [-0.3, -0.25) is 9.69 Å². The third-order valence-corrected chi connectivity index (χ3v) is 5.93. The summed E-state index contributed by atoms with van der Waals surface area (Å²) in [5, 5.41) is 0. The summed E-state index contributed by atoms with van der Waals surface area (Å²) in [6.07, 6.45) is 2.53. The molecular formula is C25H31N5O. The van der Waals surface area contributed by atoms with Gasteiger partial charge in [0, 0.05) is 56.2 Å². The van der Waals surface area contributed by atoms with Crippen molar-refractivity contribution in [2.24, 2.45) is 0 Å². The lowest BCUT2D eigenvalue weighted by molar-refractivity contribution is 0.249. The van der Waals surface area contributed by atoms with E-state index in [0.29, 0.717) is 11.7 Å². The van der Waals surface area contributed by atoms with Crippen LogP contribution in [0, 0.1) is 0 Å². The van der Waals surface area contributed by atoms with Crippen LogP contribution in [0.1, 0.15) is 43.5 Å². The summed E-state index contributed by atoms with van der Waals surface area (Å²) >= 11 is 0. The smallest absolute Gasteiger partial charge is 0.251 e. The van der Waals surface area contributed by atoms with Crippen LogP contribution in [-0.2, 0) is 13.0 Å². The van der Waals surface area contributed by atoms with Gasteiger partial charge in [0.2, 0.25) is 0 Å². The van der Waals surface area contributed by atoms with E-state index in [9.17, 15) is 4.79 Å². The van der Waals surface area contributed by atoms with Crippen molar-refractivity contribution >= 4 is 5.82 Å². The fourth-order valence-electron chi connectivity index (χ4n) is 3.94. The Morgan fingerprint density at radius 2 is 1.77 bits per heavy atom. The van der Waals surface area contributed by atoms with Crippen molar-refractivity contribution in [3.63, 3.8) is 0 Å². The molecule has 0 spiro atoms. The highest BCUT2D eigenvalue weighted by Crippen LogP contribution is 2.20. The molecule has 2 aromatic heterocycles. The van der Waals surface area contributed by atoms with Gasteiger partial charge in [-0.2, -0.15) is 0 Å². The third-order valence-electron chi connectivity index (χ3n) is 5.93. The quantitative estimate of drug-likeness (QED) is 0.660. The van der Waals surface area contributed by atoms with E-state index in [1.165, 1.54) is 11.1 Å². The molecule has 1 fully saturated rings. The number of benzene rings is 1. The molecule has 4 rings (SSSR count). The van der Waals surface area contributed by atoms with Crippen LogP contribution < -0.4 is 10.5 Å². The molecule has 3 aromatic rings. The maximum atomic E-state index is 11.8. The van der Waals surface area contributed by atoms with Crippen LogP contribution in [0.5, 0.6) is 0 Å². The maximum absolute atomic E-state index is 11.8. The van der Waals surface area contributed by atoms with Crippen LogP contribution in [0.2, 0.25) is 0 Å². The second kappa shape index (κ2) is 9.43. The Morgan fingerprint density at radius 1 is 1.03 bits per heavy atom. The van der Waals surface area contributed by atoms with Crippen LogP contribution in [0.15, 0.2) is 53.5 Å². The minimum absolute atomic E-state index is 0.124. The fourth-order valence-corrected chi connectivity index (χ4v) is 3.94. The number of nitrogens with one attached hydrogen (secondary N) is 1. The Morgan fingerprint density at radius 3 is 2.39 bits per heavy atom. The lowest BCUT2D eigenvalue weighted by Gasteiger charge is -2.35. The van der Waals surface area contributed by atoms with Crippen LogP contribution in [0.4, 0.5) is 5.82 Å². The van der Waals surface area contributed by atoms with Gasteiger partial charge < -0.3 is 9.88 Å². The van der Waals surface area contributed by atoms with Crippen LogP contribution >= 0.6 is 0 Å². The molecular weight excluding hydrogens is 386 g/mol. The molecule has 3 heterocycles. The highest BCUT2D eigenvalue weighted by Gasteiger charge is 2.18. The van der Waals surface area contributed by atoms with E-state index in [0.717, 1.165) is 56.2 Å². The SMILES string of the molecule is CCc1cc(=O)[nH]c(-c2ccc(N3CCN(Cc4ccc(C(C)C)cc4)CC3)nc2)n1. The minimum Gasteiger partial charge on any atom is -0.354 e. The topological polar surface area (TPSA) is 65.1 Å². The lowest BCUT2D eigenvalue weighted by atomic mass is 10.0. The zero-order valence-electron chi connectivity index (χ0n) is 18.6. The van der Waals surface area contributed by atoms with Crippen molar-refractivity contribution < 1.29 is 0 Å². The van der Waals surface area contributed by atoms with Gasteiger partial charge in [0.25, 0.3) is 5.56 Å². The standard InChI is InChI=1S/C25H31N5O/c1-4-22-15-24(31)28-25(27-22)21-9-10-23(26-16-21)30-13-11-29(12-14-30)17-19-5-7-20(8-6-19)18(2)3/h5-10,15-16,18H,4,11-14,17H2,1-3H3,(H,27,28,31). The molecule has 0 amide bonds. The van der Waals surface area contributed by atoms with Crippen LogP contribution in [-0.4, -0.2) is 46.0 Å². The lowest BCUT2D eigenvalue weighted by Crippen LogP contribution is -2.46. The fraction of sp³-hybridized carbons (Fsp3) is 0.400. The second-order valence-electron chi connectivity index (χ2n) is 8.50. The number of aromatic nitrogens is 3. The predicted octanol–water partition coefficient (Wildman–Crippen LogP) is 3.84. The molecule has 1 saturated heterocycles. The molecule has 31 heavy (non-hydrogen) atoms. The minimum atomic E-state index is -0.124. The molecule has 162 valence electrons. The number of aromatic amines is 1. The van der Waals surface area contributed by atoms with Crippen molar-refractivity contribution in [2.45, 2.75) is 39.7 Å². The monoisotopic (exact) mass is 417 g/mol. The van der Waals surface area contributed by atoms with Crippen molar-refractivity contribution in [1.82, 2.24) is 19.9 Å². The van der Waals surface area contributed by atoms with Crippen LogP contribution in [0.3, 0.4) is 0 Å².